The van der Waals surface area contributed by atoms with Crippen molar-refractivity contribution in [1.29, 1.82) is 0 Å². The molecule has 1 aliphatic heterocycles. The van der Waals surface area contributed by atoms with Gasteiger partial charge in [0.2, 0.25) is 0 Å². The van der Waals surface area contributed by atoms with Crippen molar-refractivity contribution in [2.24, 2.45) is 0 Å². The number of rotatable bonds is 14. The number of esters is 1. The number of hydrogen-bond acceptors (Lipinski definition) is 14. The summed E-state index contributed by atoms with van der Waals surface area (Å²) in [5, 5.41) is 0. The molecule has 1 saturated heterocycles. The molecule has 0 aromatic heterocycles. The molecular weight excluding hydrogens is 743 g/mol. The van der Waals surface area contributed by atoms with E-state index in [1.807, 2.05) is 0 Å². The van der Waals surface area contributed by atoms with Crippen LogP contribution in [0, 0.1) is 6.92 Å². The number of aryl methyl sites for hydroxylation is 1. The van der Waals surface area contributed by atoms with Crippen LogP contribution in [0.15, 0.2) is 120 Å². The largest absolute Gasteiger partial charge is 0.588 e. The number of para-hydroxylation sites is 2. The third kappa shape index (κ3) is 11.1. The van der Waals surface area contributed by atoms with Crippen LogP contribution in [0.1, 0.15) is 36.7 Å². The summed E-state index contributed by atoms with van der Waals surface area (Å²) in [5.74, 6) is -0.743. The minimum absolute atomic E-state index is 0.0645. The molecule has 0 saturated carbocycles. The fourth-order valence-electron chi connectivity index (χ4n) is 5.10. The van der Waals surface area contributed by atoms with Crippen LogP contribution in [0.4, 0.5) is 4.79 Å². The summed E-state index contributed by atoms with van der Waals surface area (Å²) in [6.45, 7) is 5.78. The Labute approximate surface area is 313 Å². The Bertz CT molecular complexity index is 1940. The molecular formula is C38H41O14PS. The van der Waals surface area contributed by atoms with E-state index in [2.05, 4.69) is 0 Å². The van der Waals surface area contributed by atoms with Crippen molar-refractivity contribution < 1.29 is 64.0 Å². The van der Waals surface area contributed by atoms with Crippen LogP contribution < -0.4 is 9.05 Å². The molecule has 1 fully saturated rings. The Morgan fingerprint density at radius 2 is 1.28 bits per heavy atom. The first-order valence-electron chi connectivity index (χ1n) is 16.7. The SMILES string of the molecule is CO[C@H]1O[C@H](COS(=O)(=O)c2ccc(C)cc2)[C@@H](OP(=O)(Oc2ccccc2)Oc2ccccc2)[C@H](OC(=O)OC(C)(C)C)[C@H]1OC(=O)c1ccccc1. The summed E-state index contributed by atoms with van der Waals surface area (Å²) < 4.78 is 93.6. The van der Waals surface area contributed by atoms with Gasteiger partial charge in [-0.05, 0) is 76.2 Å². The summed E-state index contributed by atoms with van der Waals surface area (Å²) in [7, 11) is -8.06. The van der Waals surface area contributed by atoms with E-state index < -0.39 is 73.0 Å². The maximum absolute atomic E-state index is 14.8. The van der Waals surface area contributed by atoms with Crippen LogP contribution in [0.3, 0.4) is 0 Å². The summed E-state index contributed by atoms with van der Waals surface area (Å²) in [4.78, 5) is 26.7. The van der Waals surface area contributed by atoms with Gasteiger partial charge in [-0.15, -0.1) is 0 Å². The van der Waals surface area contributed by atoms with Crippen LogP contribution >= 0.6 is 7.82 Å². The van der Waals surface area contributed by atoms with Gasteiger partial charge in [-0.3, -0.25) is 8.71 Å². The van der Waals surface area contributed by atoms with Crippen LogP contribution in [0.25, 0.3) is 0 Å². The minimum atomic E-state index is -4.86. The molecule has 288 valence electrons. The number of carbonyl (C=O) groups is 2. The molecule has 0 aliphatic carbocycles. The van der Waals surface area contributed by atoms with E-state index in [0.29, 0.717) is 0 Å². The number of carbonyl (C=O) groups excluding carboxylic acids is 2. The van der Waals surface area contributed by atoms with E-state index in [9.17, 15) is 22.6 Å². The molecule has 1 aliphatic rings. The summed E-state index contributed by atoms with van der Waals surface area (Å²) in [6, 6.07) is 29.7. The lowest BCUT2D eigenvalue weighted by Crippen LogP contribution is -2.62. The highest BCUT2D eigenvalue weighted by atomic mass is 32.2. The lowest BCUT2D eigenvalue weighted by Gasteiger charge is -2.44. The number of benzene rings is 4. The monoisotopic (exact) mass is 784 g/mol. The van der Waals surface area contributed by atoms with Gasteiger partial charge < -0.3 is 32.7 Å². The second kappa shape index (κ2) is 17.6. The molecule has 4 aromatic carbocycles. The molecule has 0 radical (unpaired) electrons. The van der Waals surface area contributed by atoms with Crippen molar-refractivity contribution in [3.8, 4) is 11.5 Å². The highest BCUT2D eigenvalue weighted by Crippen LogP contribution is 2.52. The van der Waals surface area contributed by atoms with E-state index in [1.54, 1.807) is 94.4 Å². The fourth-order valence-corrected chi connectivity index (χ4v) is 7.46. The normalized spacial score (nSPS) is 20.4. The maximum atomic E-state index is 14.8. The van der Waals surface area contributed by atoms with Crippen molar-refractivity contribution in [2.75, 3.05) is 13.7 Å². The zero-order valence-electron chi connectivity index (χ0n) is 30.1. The molecule has 0 N–H and O–H groups in total. The predicted octanol–water partition coefficient (Wildman–Crippen LogP) is 7.27. The van der Waals surface area contributed by atoms with Gasteiger partial charge in [-0.2, -0.15) is 8.42 Å². The molecule has 54 heavy (non-hydrogen) atoms. The summed E-state index contributed by atoms with van der Waals surface area (Å²) >= 11 is 0. The standard InChI is InChI=1S/C38H41O14PS/c1-26-21-23-30(24-22-26)54(42,43)45-25-31-32(52-53(41,50-28-17-11-7-12-18-28)51-29-19-13-8-14-20-29)33(48-37(40)49-38(2,3)4)34(36(44-5)46-31)47-35(39)27-15-9-6-10-16-27/h6-24,31-34,36H,25H2,1-5H3/t31-,32-,33+,34-,36+/m1/s1. The van der Waals surface area contributed by atoms with Crippen LogP contribution in [-0.4, -0.2) is 70.6 Å². The fraction of sp³-hybridized carbons (Fsp3) is 0.316. The lowest BCUT2D eigenvalue weighted by atomic mass is 9.98. The van der Waals surface area contributed by atoms with Gasteiger partial charge in [0.15, 0.2) is 18.5 Å². The van der Waals surface area contributed by atoms with E-state index in [0.717, 1.165) is 5.56 Å². The minimum Gasteiger partial charge on any atom is -0.449 e. The summed E-state index contributed by atoms with van der Waals surface area (Å²) in [5.41, 5.74) is -0.116. The molecule has 5 atom stereocenters. The predicted molar refractivity (Wildman–Crippen MR) is 193 cm³/mol. The third-order valence-electron chi connectivity index (χ3n) is 7.57. The number of phosphoric acid groups is 1. The number of ether oxygens (including phenoxy) is 5. The third-order valence-corrected chi connectivity index (χ3v) is 10.2. The topological polar surface area (TPSA) is 168 Å². The molecule has 0 spiro atoms. The molecule has 0 bridgehead atoms. The molecule has 14 nitrogen and oxygen atoms in total. The van der Waals surface area contributed by atoms with Crippen molar-refractivity contribution in [3.63, 3.8) is 0 Å². The molecule has 4 aromatic rings. The Hall–Kier alpha value is -4.76. The molecule has 0 amide bonds. The van der Waals surface area contributed by atoms with Crippen molar-refractivity contribution >= 4 is 30.1 Å². The van der Waals surface area contributed by atoms with E-state index in [4.69, 9.17) is 41.4 Å². The second-order valence-electron chi connectivity index (χ2n) is 12.9. The van der Waals surface area contributed by atoms with Gasteiger partial charge in [-0.1, -0.05) is 72.3 Å². The first kappa shape index (κ1) is 40.4. The molecule has 5 rings (SSSR count). The Balaban J connectivity index is 1.59. The van der Waals surface area contributed by atoms with Crippen molar-refractivity contribution in [3.05, 3.63) is 126 Å². The smallest absolute Gasteiger partial charge is 0.449 e. The van der Waals surface area contributed by atoms with Gasteiger partial charge in [0.05, 0.1) is 17.1 Å². The van der Waals surface area contributed by atoms with E-state index >= 15 is 0 Å². The Morgan fingerprint density at radius 1 is 0.741 bits per heavy atom. The van der Waals surface area contributed by atoms with Crippen LogP contribution in [0.2, 0.25) is 0 Å². The average molecular weight is 785 g/mol. The average Bonchev–Trinajstić information content (AvgIpc) is 3.13. The summed E-state index contributed by atoms with van der Waals surface area (Å²) in [6.07, 6.45) is -9.54. The maximum Gasteiger partial charge on any atom is 0.588 e. The quantitative estimate of drug-likeness (QED) is 0.0711. The van der Waals surface area contributed by atoms with Crippen molar-refractivity contribution in [1.82, 2.24) is 0 Å². The second-order valence-corrected chi connectivity index (χ2v) is 16.0. The van der Waals surface area contributed by atoms with Gasteiger partial charge in [0, 0.05) is 7.11 Å². The zero-order valence-corrected chi connectivity index (χ0v) is 31.8. The first-order chi connectivity index (χ1) is 25.6. The number of hydrogen-bond donors (Lipinski definition) is 0. The molecule has 0 unspecified atom stereocenters. The lowest BCUT2D eigenvalue weighted by molar-refractivity contribution is -0.290. The molecule has 1 heterocycles. The van der Waals surface area contributed by atoms with Crippen LogP contribution in [-0.2, 0) is 47.1 Å². The highest BCUT2D eigenvalue weighted by Gasteiger charge is 2.55. The van der Waals surface area contributed by atoms with Crippen LogP contribution in [0.5, 0.6) is 11.5 Å². The van der Waals surface area contributed by atoms with E-state index in [1.165, 1.54) is 55.6 Å². The van der Waals surface area contributed by atoms with Gasteiger partial charge >= 0.3 is 19.9 Å². The van der Waals surface area contributed by atoms with E-state index in [-0.39, 0.29) is 22.0 Å². The van der Waals surface area contributed by atoms with Gasteiger partial charge in [0.25, 0.3) is 10.1 Å². The highest BCUT2D eigenvalue weighted by molar-refractivity contribution is 7.86. The molecule has 16 heteroatoms. The van der Waals surface area contributed by atoms with Gasteiger partial charge in [-0.25, -0.2) is 14.2 Å². The Morgan fingerprint density at radius 3 is 1.80 bits per heavy atom. The zero-order chi connectivity index (χ0) is 38.9. The number of methoxy groups -OCH3 is 1. The van der Waals surface area contributed by atoms with Crippen molar-refractivity contribution in [2.45, 2.75) is 68.9 Å². The Kier molecular flexibility index (Phi) is 13.2. The first-order valence-corrected chi connectivity index (χ1v) is 19.6. The number of phosphoric ester groups is 1. The van der Waals surface area contributed by atoms with Gasteiger partial charge in [0.1, 0.15) is 29.3 Å².